The Bertz CT molecular complexity index is 520. The molecule has 19 heavy (non-hydrogen) atoms. The van der Waals surface area contributed by atoms with Crippen molar-refractivity contribution in [3.8, 4) is 0 Å². The molecular formula is C14H20ClN3O. The van der Waals surface area contributed by atoms with Crippen LogP contribution in [-0.2, 0) is 6.54 Å². The van der Waals surface area contributed by atoms with Crippen LogP contribution in [0.5, 0.6) is 0 Å². The molecule has 0 bridgehead atoms. The fourth-order valence-corrected chi connectivity index (χ4v) is 2.74. The topological polar surface area (TPSA) is 46.9 Å². The molecule has 2 fully saturated rings. The summed E-state index contributed by atoms with van der Waals surface area (Å²) in [6, 6.07) is 0.302. The van der Waals surface area contributed by atoms with Gasteiger partial charge in [-0.25, -0.2) is 4.68 Å². The summed E-state index contributed by atoms with van der Waals surface area (Å²) in [6.07, 6.45) is 7.78. The molecule has 0 aromatic carbocycles. The van der Waals surface area contributed by atoms with Crippen molar-refractivity contribution in [1.82, 2.24) is 9.78 Å². The Hall–Kier alpha value is -1.03. The zero-order valence-corrected chi connectivity index (χ0v) is 12.0. The number of aromatic nitrogens is 2. The van der Waals surface area contributed by atoms with Gasteiger partial charge in [-0.05, 0) is 44.4 Å². The average Bonchev–Trinajstić information content (AvgIpc) is 3.10. The number of rotatable bonds is 5. The lowest BCUT2D eigenvalue weighted by Gasteiger charge is -2.32. The Balaban J connectivity index is 1.79. The summed E-state index contributed by atoms with van der Waals surface area (Å²) >= 11 is 6.13. The molecule has 1 aromatic rings. The number of hydrogen-bond donors (Lipinski definition) is 1. The van der Waals surface area contributed by atoms with Crippen molar-refractivity contribution >= 4 is 17.3 Å². The molecule has 1 heterocycles. The molecule has 0 radical (unpaired) electrons. The van der Waals surface area contributed by atoms with E-state index in [9.17, 15) is 4.79 Å². The second-order valence-corrected chi connectivity index (χ2v) is 6.33. The predicted octanol–water partition coefficient (Wildman–Crippen LogP) is 2.91. The van der Waals surface area contributed by atoms with Gasteiger partial charge in [0.1, 0.15) is 5.69 Å². The van der Waals surface area contributed by atoms with E-state index in [1.807, 2.05) is 0 Å². The Morgan fingerprint density at radius 3 is 2.79 bits per heavy atom. The van der Waals surface area contributed by atoms with E-state index < -0.39 is 0 Å². The zero-order chi connectivity index (χ0) is 13.4. The molecule has 4 nitrogen and oxygen atoms in total. The molecule has 0 spiro atoms. The van der Waals surface area contributed by atoms with Crippen LogP contribution in [0.3, 0.4) is 0 Å². The van der Waals surface area contributed by atoms with Crippen molar-refractivity contribution in [1.29, 1.82) is 0 Å². The minimum absolute atomic E-state index is 0.0782. The molecule has 0 amide bonds. The van der Waals surface area contributed by atoms with Gasteiger partial charge in [-0.2, -0.15) is 5.10 Å². The lowest BCUT2D eigenvalue weighted by molar-refractivity contribution is 0.285. The van der Waals surface area contributed by atoms with Crippen LogP contribution in [-0.4, -0.2) is 15.8 Å². The lowest BCUT2D eigenvalue weighted by Crippen LogP contribution is -2.35. The first-order valence-corrected chi connectivity index (χ1v) is 7.55. The molecular weight excluding hydrogens is 262 g/mol. The van der Waals surface area contributed by atoms with Gasteiger partial charge in [-0.15, -0.1) is 0 Å². The second kappa shape index (κ2) is 5.16. The molecule has 5 heteroatoms. The standard InChI is InChI=1S/C14H20ClN3O/c1-9(11-3-2-4-11)17-13-12(15)7-16-18(14(13)19)8-10-5-6-10/h7,9-11,17H,2-6,8H2,1H3. The maximum Gasteiger partial charge on any atom is 0.291 e. The van der Waals surface area contributed by atoms with E-state index >= 15 is 0 Å². The maximum absolute atomic E-state index is 12.4. The zero-order valence-electron chi connectivity index (χ0n) is 11.2. The largest absolute Gasteiger partial charge is 0.377 e. The van der Waals surface area contributed by atoms with Crippen molar-refractivity contribution in [2.45, 2.75) is 51.6 Å². The van der Waals surface area contributed by atoms with E-state index in [1.165, 1.54) is 32.1 Å². The molecule has 2 aliphatic carbocycles. The van der Waals surface area contributed by atoms with E-state index in [2.05, 4.69) is 17.3 Å². The first kappa shape index (κ1) is 13.0. The number of halogens is 1. The van der Waals surface area contributed by atoms with Gasteiger partial charge in [0.25, 0.3) is 5.56 Å². The van der Waals surface area contributed by atoms with E-state index in [4.69, 9.17) is 11.6 Å². The van der Waals surface area contributed by atoms with Gasteiger partial charge in [-0.1, -0.05) is 18.0 Å². The van der Waals surface area contributed by atoms with Crippen LogP contribution in [0, 0.1) is 11.8 Å². The molecule has 104 valence electrons. The normalized spacial score (nSPS) is 20.9. The highest BCUT2D eigenvalue weighted by Gasteiger charge is 2.26. The quantitative estimate of drug-likeness (QED) is 0.903. The third-order valence-corrected chi connectivity index (χ3v) is 4.64. The first-order chi connectivity index (χ1) is 9.15. The van der Waals surface area contributed by atoms with Gasteiger partial charge in [0.2, 0.25) is 0 Å². The fourth-order valence-electron chi connectivity index (χ4n) is 2.56. The summed E-state index contributed by atoms with van der Waals surface area (Å²) in [6.45, 7) is 2.85. The Morgan fingerprint density at radius 1 is 1.47 bits per heavy atom. The molecule has 2 aliphatic rings. The predicted molar refractivity (Wildman–Crippen MR) is 76.7 cm³/mol. The molecule has 1 N–H and O–H groups in total. The summed E-state index contributed by atoms with van der Waals surface area (Å²) in [7, 11) is 0. The van der Waals surface area contributed by atoms with Gasteiger partial charge in [-0.3, -0.25) is 4.79 Å². The Morgan fingerprint density at radius 2 is 2.21 bits per heavy atom. The highest BCUT2D eigenvalue weighted by molar-refractivity contribution is 6.33. The molecule has 2 saturated carbocycles. The first-order valence-electron chi connectivity index (χ1n) is 7.17. The van der Waals surface area contributed by atoms with Crippen LogP contribution in [0.4, 0.5) is 5.69 Å². The highest BCUT2D eigenvalue weighted by atomic mass is 35.5. The van der Waals surface area contributed by atoms with Crippen molar-refractivity contribution in [3.05, 3.63) is 21.6 Å². The van der Waals surface area contributed by atoms with Crippen LogP contribution in [0.15, 0.2) is 11.0 Å². The van der Waals surface area contributed by atoms with Gasteiger partial charge < -0.3 is 5.32 Å². The smallest absolute Gasteiger partial charge is 0.291 e. The summed E-state index contributed by atoms with van der Waals surface area (Å²) in [5, 5.41) is 7.88. The van der Waals surface area contributed by atoms with Crippen LogP contribution in [0.2, 0.25) is 5.02 Å². The highest BCUT2D eigenvalue weighted by Crippen LogP contribution is 2.32. The summed E-state index contributed by atoms with van der Waals surface area (Å²) < 4.78 is 1.55. The van der Waals surface area contributed by atoms with Crippen LogP contribution >= 0.6 is 11.6 Å². The van der Waals surface area contributed by atoms with Gasteiger partial charge in [0.05, 0.1) is 11.2 Å². The molecule has 0 aliphatic heterocycles. The average molecular weight is 282 g/mol. The molecule has 1 aromatic heterocycles. The molecule has 3 rings (SSSR count). The van der Waals surface area contributed by atoms with Gasteiger partial charge in [0.15, 0.2) is 0 Å². The summed E-state index contributed by atoms with van der Waals surface area (Å²) in [5.41, 5.74) is 0.447. The fraction of sp³-hybridized carbons (Fsp3) is 0.714. The number of hydrogen-bond acceptors (Lipinski definition) is 3. The van der Waals surface area contributed by atoms with Crippen molar-refractivity contribution < 1.29 is 0 Å². The third kappa shape index (κ3) is 2.78. The van der Waals surface area contributed by atoms with E-state index in [1.54, 1.807) is 10.9 Å². The third-order valence-electron chi connectivity index (χ3n) is 4.35. The van der Waals surface area contributed by atoms with E-state index in [-0.39, 0.29) is 5.56 Å². The molecule has 1 unspecified atom stereocenters. The Kier molecular flexibility index (Phi) is 3.52. The van der Waals surface area contributed by atoms with Crippen molar-refractivity contribution in [2.24, 2.45) is 11.8 Å². The van der Waals surface area contributed by atoms with Gasteiger partial charge in [0, 0.05) is 12.6 Å². The number of nitrogens with zero attached hydrogens (tertiary/aromatic N) is 2. The molecule has 1 atom stereocenters. The minimum atomic E-state index is -0.0782. The SMILES string of the molecule is CC(Nc1c(Cl)cnn(CC2CC2)c1=O)C1CCC1. The van der Waals surface area contributed by atoms with Crippen LogP contribution < -0.4 is 10.9 Å². The number of anilines is 1. The molecule has 0 saturated heterocycles. The minimum Gasteiger partial charge on any atom is -0.377 e. The van der Waals surface area contributed by atoms with Gasteiger partial charge >= 0.3 is 0 Å². The monoisotopic (exact) mass is 281 g/mol. The Labute approximate surface area is 118 Å². The van der Waals surface area contributed by atoms with Crippen LogP contribution in [0.25, 0.3) is 0 Å². The maximum atomic E-state index is 12.4. The number of nitrogens with one attached hydrogen (secondary N) is 1. The van der Waals surface area contributed by atoms with Crippen LogP contribution in [0.1, 0.15) is 39.0 Å². The van der Waals surface area contributed by atoms with E-state index in [0.717, 1.165) is 6.54 Å². The lowest BCUT2D eigenvalue weighted by atomic mass is 9.80. The van der Waals surface area contributed by atoms with Crippen molar-refractivity contribution in [2.75, 3.05) is 5.32 Å². The van der Waals surface area contributed by atoms with E-state index in [0.29, 0.717) is 28.6 Å². The summed E-state index contributed by atoms with van der Waals surface area (Å²) in [5.74, 6) is 1.30. The second-order valence-electron chi connectivity index (χ2n) is 5.92. The van der Waals surface area contributed by atoms with Crippen molar-refractivity contribution in [3.63, 3.8) is 0 Å². The summed E-state index contributed by atoms with van der Waals surface area (Å²) in [4.78, 5) is 12.4.